The highest BCUT2D eigenvalue weighted by Crippen LogP contribution is 2.59. The second-order valence-corrected chi connectivity index (χ2v) is 7.24. The van der Waals surface area contributed by atoms with Crippen LogP contribution in [0.3, 0.4) is 0 Å². The molecule has 1 aromatic heterocycles. The molecule has 2 aliphatic rings. The zero-order valence-electron chi connectivity index (χ0n) is 13.3. The van der Waals surface area contributed by atoms with Crippen molar-refractivity contribution in [2.45, 2.75) is 39.0 Å². The SMILES string of the molecule is CC(C)c1ncc(Cl)c(C(=O)N2CCC3(CC2)CC3C(=O)O)n1. The van der Waals surface area contributed by atoms with E-state index in [2.05, 4.69) is 9.97 Å². The van der Waals surface area contributed by atoms with Gasteiger partial charge in [-0.1, -0.05) is 25.4 Å². The number of nitrogens with zero attached hydrogens (tertiary/aromatic N) is 3. The predicted molar refractivity (Wildman–Crippen MR) is 84.4 cm³/mol. The van der Waals surface area contributed by atoms with Crippen molar-refractivity contribution in [3.63, 3.8) is 0 Å². The molecule has 1 N–H and O–H groups in total. The molecular formula is C16H20ClN3O3. The van der Waals surface area contributed by atoms with Crippen molar-refractivity contribution in [3.8, 4) is 0 Å². The number of likely N-dealkylation sites (tertiary alicyclic amines) is 1. The molecule has 1 amide bonds. The largest absolute Gasteiger partial charge is 0.481 e. The lowest BCUT2D eigenvalue weighted by molar-refractivity contribution is -0.139. The highest BCUT2D eigenvalue weighted by Gasteiger charge is 2.59. The summed E-state index contributed by atoms with van der Waals surface area (Å²) in [5.41, 5.74) is 0.146. The van der Waals surface area contributed by atoms with Crippen LogP contribution < -0.4 is 0 Å². The zero-order chi connectivity index (χ0) is 16.8. The highest BCUT2D eigenvalue weighted by molar-refractivity contribution is 6.33. The molecule has 1 atom stereocenters. The van der Waals surface area contributed by atoms with E-state index in [-0.39, 0.29) is 33.9 Å². The third kappa shape index (κ3) is 2.92. The summed E-state index contributed by atoms with van der Waals surface area (Å²) in [6.07, 6.45) is 3.67. The van der Waals surface area contributed by atoms with Crippen molar-refractivity contribution >= 4 is 23.5 Å². The van der Waals surface area contributed by atoms with Gasteiger partial charge in [0, 0.05) is 19.0 Å². The van der Waals surface area contributed by atoms with Crippen LogP contribution in [0.4, 0.5) is 0 Å². The third-order valence-corrected chi connectivity index (χ3v) is 5.29. The summed E-state index contributed by atoms with van der Waals surface area (Å²) in [6, 6.07) is 0. The number of aromatic nitrogens is 2. The van der Waals surface area contributed by atoms with Gasteiger partial charge in [-0.3, -0.25) is 9.59 Å². The van der Waals surface area contributed by atoms with Crippen LogP contribution in [0, 0.1) is 11.3 Å². The van der Waals surface area contributed by atoms with Gasteiger partial charge in [0.15, 0.2) is 5.69 Å². The van der Waals surface area contributed by atoms with Crippen LogP contribution in [0.5, 0.6) is 0 Å². The van der Waals surface area contributed by atoms with Crippen LogP contribution in [0.25, 0.3) is 0 Å². The Morgan fingerprint density at radius 2 is 2.04 bits per heavy atom. The summed E-state index contributed by atoms with van der Waals surface area (Å²) in [7, 11) is 0. The lowest BCUT2D eigenvalue weighted by atomic mass is 9.90. The van der Waals surface area contributed by atoms with Crippen molar-refractivity contribution in [2.75, 3.05) is 13.1 Å². The number of amides is 1. The number of rotatable bonds is 3. The Morgan fingerprint density at radius 3 is 2.57 bits per heavy atom. The van der Waals surface area contributed by atoms with Crippen molar-refractivity contribution in [2.24, 2.45) is 11.3 Å². The molecule has 1 unspecified atom stereocenters. The van der Waals surface area contributed by atoms with Gasteiger partial charge in [-0.05, 0) is 24.7 Å². The van der Waals surface area contributed by atoms with Gasteiger partial charge < -0.3 is 10.0 Å². The number of carboxylic acid groups (broad SMARTS) is 1. The minimum absolute atomic E-state index is 0.0961. The van der Waals surface area contributed by atoms with E-state index < -0.39 is 5.97 Å². The first-order chi connectivity index (χ1) is 10.8. The average molecular weight is 338 g/mol. The maximum atomic E-state index is 12.7. The molecule has 1 saturated carbocycles. The second kappa shape index (κ2) is 5.74. The molecule has 1 saturated heterocycles. The Kier molecular flexibility index (Phi) is 4.04. The predicted octanol–water partition coefficient (Wildman–Crippen LogP) is 2.58. The van der Waals surface area contributed by atoms with Gasteiger partial charge >= 0.3 is 5.97 Å². The monoisotopic (exact) mass is 337 g/mol. The van der Waals surface area contributed by atoms with Gasteiger partial charge in [-0.25, -0.2) is 9.97 Å². The fourth-order valence-corrected chi connectivity index (χ4v) is 3.54. The molecule has 3 rings (SSSR count). The second-order valence-electron chi connectivity index (χ2n) is 6.83. The molecule has 2 fully saturated rings. The fourth-order valence-electron chi connectivity index (χ4n) is 3.36. The molecule has 23 heavy (non-hydrogen) atoms. The standard InChI is InChI=1S/C16H20ClN3O3/c1-9(2)13-18-8-11(17)12(19-13)14(21)20-5-3-16(4-6-20)7-10(16)15(22)23/h8-10H,3-7H2,1-2H3,(H,22,23). The number of hydrogen-bond acceptors (Lipinski definition) is 4. The first kappa shape index (κ1) is 16.2. The van der Waals surface area contributed by atoms with E-state index in [0.717, 1.165) is 19.3 Å². The van der Waals surface area contributed by atoms with E-state index in [0.29, 0.717) is 18.9 Å². The Balaban J connectivity index is 1.71. The summed E-state index contributed by atoms with van der Waals surface area (Å²) in [6.45, 7) is 5.03. The minimum atomic E-state index is -0.717. The Morgan fingerprint density at radius 1 is 1.39 bits per heavy atom. The van der Waals surface area contributed by atoms with Crippen molar-refractivity contribution in [1.29, 1.82) is 0 Å². The third-order valence-electron chi connectivity index (χ3n) is 5.02. The quantitative estimate of drug-likeness (QED) is 0.916. The number of carbonyl (C=O) groups is 2. The van der Waals surface area contributed by atoms with E-state index in [4.69, 9.17) is 16.7 Å². The number of piperidine rings is 1. The Bertz CT molecular complexity index is 654. The van der Waals surface area contributed by atoms with Crippen LogP contribution >= 0.6 is 11.6 Å². The van der Waals surface area contributed by atoms with E-state index in [9.17, 15) is 9.59 Å². The zero-order valence-corrected chi connectivity index (χ0v) is 14.0. The number of hydrogen-bond donors (Lipinski definition) is 1. The van der Waals surface area contributed by atoms with Crippen molar-refractivity contribution in [3.05, 3.63) is 22.7 Å². The van der Waals surface area contributed by atoms with Crippen LogP contribution in [0.1, 0.15) is 55.3 Å². The topological polar surface area (TPSA) is 83.4 Å². The molecule has 2 heterocycles. The number of aliphatic carboxylic acids is 1. The van der Waals surface area contributed by atoms with Gasteiger partial charge in [0.2, 0.25) is 0 Å². The van der Waals surface area contributed by atoms with Crippen LogP contribution in [0.2, 0.25) is 5.02 Å². The average Bonchev–Trinajstić information content (AvgIpc) is 3.21. The molecule has 0 radical (unpaired) electrons. The van der Waals surface area contributed by atoms with Crippen LogP contribution in [-0.4, -0.2) is 44.9 Å². The summed E-state index contributed by atoms with van der Waals surface area (Å²) < 4.78 is 0. The maximum Gasteiger partial charge on any atom is 0.307 e. The number of halogens is 1. The molecule has 1 aromatic rings. The van der Waals surface area contributed by atoms with Gasteiger partial charge in [0.25, 0.3) is 5.91 Å². The van der Waals surface area contributed by atoms with E-state index in [1.54, 1.807) is 4.90 Å². The van der Waals surface area contributed by atoms with E-state index in [1.807, 2.05) is 13.8 Å². The molecular weight excluding hydrogens is 318 g/mol. The van der Waals surface area contributed by atoms with E-state index in [1.165, 1.54) is 6.20 Å². The van der Waals surface area contributed by atoms with Crippen molar-refractivity contribution < 1.29 is 14.7 Å². The first-order valence-corrected chi connectivity index (χ1v) is 8.26. The molecule has 124 valence electrons. The van der Waals surface area contributed by atoms with Gasteiger partial charge in [0.05, 0.1) is 17.1 Å². The molecule has 0 bridgehead atoms. The first-order valence-electron chi connectivity index (χ1n) is 7.88. The molecule has 6 nitrogen and oxygen atoms in total. The fraction of sp³-hybridized carbons (Fsp3) is 0.625. The van der Waals surface area contributed by atoms with E-state index >= 15 is 0 Å². The number of carboxylic acids is 1. The van der Waals surface area contributed by atoms with Gasteiger partial charge in [-0.15, -0.1) is 0 Å². The lowest BCUT2D eigenvalue weighted by Gasteiger charge is -2.32. The Labute approximate surface area is 139 Å². The number of carbonyl (C=O) groups excluding carboxylic acids is 1. The summed E-state index contributed by atoms with van der Waals surface area (Å²) in [5, 5.41) is 9.39. The Hall–Kier alpha value is -1.69. The minimum Gasteiger partial charge on any atom is -0.481 e. The molecule has 1 spiro atoms. The summed E-state index contributed by atoms with van der Waals surface area (Å²) in [5.74, 6) is -0.438. The van der Waals surface area contributed by atoms with Gasteiger partial charge in [0.1, 0.15) is 5.82 Å². The lowest BCUT2D eigenvalue weighted by Crippen LogP contribution is -2.40. The molecule has 7 heteroatoms. The molecule has 1 aliphatic heterocycles. The van der Waals surface area contributed by atoms with Crippen molar-refractivity contribution in [1.82, 2.24) is 14.9 Å². The smallest absolute Gasteiger partial charge is 0.307 e. The summed E-state index contributed by atoms with van der Waals surface area (Å²) >= 11 is 6.10. The van der Waals surface area contributed by atoms with Gasteiger partial charge in [-0.2, -0.15) is 0 Å². The van der Waals surface area contributed by atoms with Crippen LogP contribution in [0.15, 0.2) is 6.20 Å². The maximum absolute atomic E-state index is 12.7. The normalized spacial score (nSPS) is 22.4. The molecule has 1 aliphatic carbocycles. The highest BCUT2D eigenvalue weighted by atomic mass is 35.5. The van der Waals surface area contributed by atoms with Crippen LogP contribution in [-0.2, 0) is 4.79 Å². The summed E-state index contributed by atoms with van der Waals surface area (Å²) in [4.78, 5) is 34.0. The molecule has 0 aromatic carbocycles.